The minimum atomic E-state index is 0.704. The van der Waals surface area contributed by atoms with Crippen molar-refractivity contribution in [2.24, 2.45) is 0 Å². The summed E-state index contributed by atoms with van der Waals surface area (Å²) in [6, 6.07) is 7.58. The molecule has 0 radical (unpaired) electrons. The monoisotopic (exact) mass is 209 g/mol. The number of benzene rings is 1. The van der Waals surface area contributed by atoms with Gasteiger partial charge in [0, 0.05) is 11.3 Å². The molecule has 0 unspecified atom stereocenters. The predicted molar refractivity (Wildman–Crippen MR) is 57.6 cm³/mol. The third kappa shape index (κ3) is 2.08. The molecule has 2 rings (SSSR count). The zero-order valence-corrected chi connectivity index (χ0v) is 8.50. The Morgan fingerprint density at radius 3 is 2.71 bits per heavy atom. The molecule has 1 saturated heterocycles. The van der Waals surface area contributed by atoms with E-state index >= 15 is 0 Å². The molecule has 0 aromatic heterocycles. The van der Waals surface area contributed by atoms with E-state index in [1.165, 1.54) is 0 Å². The second-order valence-electron chi connectivity index (χ2n) is 2.97. The molecule has 0 N–H and O–H groups in total. The Morgan fingerprint density at radius 1 is 1.36 bits per heavy atom. The molecular formula is C10H11NO2S. The summed E-state index contributed by atoms with van der Waals surface area (Å²) in [6.45, 7) is 1.66. The van der Waals surface area contributed by atoms with Crippen LogP contribution in [0.2, 0.25) is 0 Å². The maximum Gasteiger partial charge on any atom is 0.150 e. The normalized spacial score (nSPS) is 16.7. The summed E-state index contributed by atoms with van der Waals surface area (Å²) in [7, 11) is 0. The predicted octanol–water partition coefficient (Wildman–Crippen LogP) is 1.94. The molecule has 14 heavy (non-hydrogen) atoms. The molecule has 1 aromatic rings. The van der Waals surface area contributed by atoms with Crippen LogP contribution in [0.15, 0.2) is 24.3 Å². The van der Waals surface area contributed by atoms with Crippen molar-refractivity contribution >= 4 is 23.9 Å². The number of carbonyl (C=O) groups is 1. The standard InChI is InChI=1S/C10H11NO2S/c12-7-9-1-3-10(4-2-9)11-5-6-13-8-14-11/h1-4,7H,5-6,8H2. The van der Waals surface area contributed by atoms with E-state index in [9.17, 15) is 4.79 Å². The summed E-state index contributed by atoms with van der Waals surface area (Å²) in [4.78, 5) is 10.5. The van der Waals surface area contributed by atoms with Crippen LogP contribution < -0.4 is 4.31 Å². The van der Waals surface area contributed by atoms with E-state index in [2.05, 4.69) is 4.31 Å². The molecule has 0 spiro atoms. The summed E-state index contributed by atoms with van der Waals surface area (Å²) in [5, 5.41) is 0. The molecule has 1 heterocycles. The summed E-state index contributed by atoms with van der Waals surface area (Å²) >= 11 is 1.65. The highest BCUT2D eigenvalue weighted by Crippen LogP contribution is 2.24. The summed E-state index contributed by atoms with van der Waals surface area (Å²) in [5.74, 6) is 0.704. The van der Waals surface area contributed by atoms with Gasteiger partial charge in [0.15, 0.2) is 0 Å². The third-order valence-electron chi connectivity index (χ3n) is 2.05. The zero-order chi connectivity index (χ0) is 9.80. The highest BCUT2D eigenvalue weighted by atomic mass is 32.2. The average Bonchev–Trinajstić information content (AvgIpc) is 2.30. The van der Waals surface area contributed by atoms with Crippen LogP contribution in [0.5, 0.6) is 0 Å². The molecular weight excluding hydrogens is 198 g/mol. The van der Waals surface area contributed by atoms with Crippen LogP contribution in [0.4, 0.5) is 5.69 Å². The number of rotatable bonds is 2. The number of aldehydes is 1. The first-order valence-electron chi connectivity index (χ1n) is 4.43. The fourth-order valence-electron chi connectivity index (χ4n) is 1.29. The number of anilines is 1. The molecule has 1 fully saturated rings. The molecule has 74 valence electrons. The molecule has 3 nitrogen and oxygen atoms in total. The van der Waals surface area contributed by atoms with Crippen molar-refractivity contribution < 1.29 is 9.53 Å². The van der Waals surface area contributed by atoms with E-state index in [1.807, 2.05) is 24.3 Å². The van der Waals surface area contributed by atoms with E-state index in [4.69, 9.17) is 4.74 Å². The van der Waals surface area contributed by atoms with E-state index in [1.54, 1.807) is 11.9 Å². The van der Waals surface area contributed by atoms with Crippen LogP contribution >= 0.6 is 11.9 Å². The second-order valence-corrected chi connectivity index (χ2v) is 3.90. The summed E-state index contributed by atoms with van der Waals surface area (Å²) in [5.41, 5.74) is 1.84. The summed E-state index contributed by atoms with van der Waals surface area (Å²) in [6.07, 6.45) is 0.857. The molecule has 0 saturated carbocycles. The smallest absolute Gasteiger partial charge is 0.150 e. The first kappa shape index (κ1) is 9.55. The van der Waals surface area contributed by atoms with Crippen molar-refractivity contribution in [1.82, 2.24) is 0 Å². The van der Waals surface area contributed by atoms with E-state index in [-0.39, 0.29) is 0 Å². The number of carbonyl (C=O) groups excluding carboxylic acids is 1. The molecule has 4 heteroatoms. The van der Waals surface area contributed by atoms with Crippen molar-refractivity contribution in [1.29, 1.82) is 0 Å². The van der Waals surface area contributed by atoms with Gasteiger partial charge in [0.05, 0.1) is 13.2 Å². The minimum absolute atomic E-state index is 0.704. The van der Waals surface area contributed by atoms with Crippen molar-refractivity contribution in [2.75, 3.05) is 23.4 Å². The largest absolute Gasteiger partial charge is 0.367 e. The van der Waals surface area contributed by atoms with Gasteiger partial charge in [-0.05, 0) is 36.2 Å². The van der Waals surface area contributed by atoms with Crippen molar-refractivity contribution in [2.45, 2.75) is 0 Å². The fourth-order valence-corrected chi connectivity index (χ4v) is 2.09. The maximum absolute atomic E-state index is 10.5. The van der Waals surface area contributed by atoms with E-state index in [0.717, 1.165) is 25.1 Å². The molecule has 0 amide bonds. The Kier molecular flexibility index (Phi) is 3.06. The Balaban J connectivity index is 2.11. The number of nitrogens with zero attached hydrogens (tertiary/aromatic N) is 1. The van der Waals surface area contributed by atoms with Gasteiger partial charge in [-0.25, -0.2) is 0 Å². The van der Waals surface area contributed by atoms with Crippen LogP contribution in [-0.2, 0) is 4.74 Å². The van der Waals surface area contributed by atoms with Crippen molar-refractivity contribution in [3.63, 3.8) is 0 Å². The lowest BCUT2D eigenvalue weighted by Crippen LogP contribution is -2.26. The van der Waals surface area contributed by atoms with Gasteiger partial charge in [-0.2, -0.15) is 0 Å². The third-order valence-corrected chi connectivity index (χ3v) is 3.02. The molecule has 1 aliphatic rings. The zero-order valence-electron chi connectivity index (χ0n) is 7.68. The lowest BCUT2D eigenvalue weighted by atomic mass is 10.2. The Bertz CT molecular complexity index is 306. The van der Waals surface area contributed by atoms with Crippen LogP contribution in [-0.4, -0.2) is 25.4 Å². The molecule has 0 bridgehead atoms. The van der Waals surface area contributed by atoms with E-state index < -0.39 is 0 Å². The Hall–Kier alpha value is -1.00. The molecule has 1 aliphatic heterocycles. The van der Waals surface area contributed by atoms with Gasteiger partial charge >= 0.3 is 0 Å². The SMILES string of the molecule is O=Cc1ccc(N2CCOCS2)cc1. The number of hydrogen-bond acceptors (Lipinski definition) is 4. The first-order valence-corrected chi connectivity index (χ1v) is 5.38. The highest BCUT2D eigenvalue weighted by molar-refractivity contribution is 8.00. The lowest BCUT2D eigenvalue weighted by Gasteiger charge is -2.27. The first-order chi connectivity index (χ1) is 6.90. The van der Waals surface area contributed by atoms with Crippen molar-refractivity contribution in [3.05, 3.63) is 29.8 Å². The number of ether oxygens (including phenoxy) is 1. The van der Waals surface area contributed by atoms with Gasteiger partial charge in [-0.1, -0.05) is 0 Å². The number of hydrogen-bond donors (Lipinski definition) is 0. The molecule has 1 aromatic carbocycles. The molecule has 0 aliphatic carbocycles. The van der Waals surface area contributed by atoms with Crippen molar-refractivity contribution in [3.8, 4) is 0 Å². The van der Waals surface area contributed by atoms with Gasteiger partial charge in [-0.15, -0.1) is 0 Å². The highest BCUT2D eigenvalue weighted by Gasteiger charge is 2.11. The van der Waals surface area contributed by atoms with Gasteiger partial charge in [0.25, 0.3) is 0 Å². The Morgan fingerprint density at radius 2 is 2.14 bits per heavy atom. The van der Waals surface area contributed by atoms with E-state index in [0.29, 0.717) is 11.5 Å². The fraction of sp³-hybridized carbons (Fsp3) is 0.300. The lowest BCUT2D eigenvalue weighted by molar-refractivity contribution is 0.112. The maximum atomic E-state index is 10.5. The molecule has 0 atom stereocenters. The van der Waals surface area contributed by atoms with Gasteiger partial charge in [-0.3, -0.25) is 4.79 Å². The van der Waals surface area contributed by atoms with Crippen LogP contribution in [0.1, 0.15) is 10.4 Å². The van der Waals surface area contributed by atoms with Crippen LogP contribution in [0, 0.1) is 0 Å². The summed E-state index contributed by atoms with van der Waals surface area (Å²) < 4.78 is 7.41. The topological polar surface area (TPSA) is 29.5 Å². The van der Waals surface area contributed by atoms with Gasteiger partial charge in [0.1, 0.15) is 12.2 Å². The van der Waals surface area contributed by atoms with Crippen LogP contribution in [0.25, 0.3) is 0 Å². The second kappa shape index (κ2) is 4.48. The van der Waals surface area contributed by atoms with Gasteiger partial charge in [0.2, 0.25) is 0 Å². The van der Waals surface area contributed by atoms with Crippen LogP contribution in [0.3, 0.4) is 0 Å². The quantitative estimate of drug-likeness (QED) is 0.550. The average molecular weight is 209 g/mol. The minimum Gasteiger partial charge on any atom is -0.367 e. The Labute approximate surface area is 87.2 Å². The van der Waals surface area contributed by atoms with Gasteiger partial charge < -0.3 is 9.04 Å².